The van der Waals surface area contributed by atoms with Gasteiger partial charge in [-0.3, -0.25) is 4.79 Å². The van der Waals surface area contributed by atoms with Crippen LogP contribution in [0.4, 0.5) is 8.78 Å². The molecule has 0 unspecified atom stereocenters. The van der Waals surface area contributed by atoms with Gasteiger partial charge >= 0.3 is 0 Å². The number of aliphatic hydroxyl groups is 1. The van der Waals surface area contributed by atoms with Crippen molar-refractivity contribution in [3.63, 3.8) is 0 Å². The molecule has 0 heterocycles. The Bertz CT molecular complexity index is 406. The van der Waals surface area contributed by atoms with Crippen LogP contribution in [0, 0.1) is 18.6 Å². The quantitative estimate of drug-likeness (QED) is 0.766. The highest BCUT2D eigenvalue weighted by atomic mass is 19.2. The van der Waals surface area contributed by atoms with Crippen molar-refractivity contribution in [1.29, 1.82) is 0 Å². The number of carbonyl (C=O) groups is 1. The molecule has 0 spiro atoms. The summed E-state index contributed by atoms with van der Waals surface area (Å²) in [5, 5.41) is 9.39. The molecule has 0 radical (unpaired) electrons. The van der Waals surface area contributed by atoms with Gasteiger partial charge in [0.1, 0.15) is 5.60 Å². The maximum atomic E-state index is 13.3. The summed E-state index contributed by atoms with van der Waals surface area (Å²) in [6, 6.07) is 2.48. The van der Waals surface area contributed by atoms with Gasteiger partial charge in [0.15, 0.2) is 17.4 Å². The zero-order chi connectivity index (χ0) is 11.8. The fourth-order valence-electron chi connectivity index (χ4n) is 1.15. The molecule has 0 atom stereocenters. The van der Waals surface area contributed by atoms with E-state index in [-0.39, 0.29) is 5.56 Å². The fraction of sp³-hybridized carbons (Fsp3) is 0.364. The average molecular weight is 214 g/mol. The van der Waals surface area contributed by atoms with Gasteiger partial charge in [-0.2, -0.15) is 0 Å². The van der Waals surface area contributed by atoms with Crippen molar-refractivity contribution >= 4 is 5.78 Å². The summed E-state index contributed by atoms with van der Waals surface area (Å²) in [5.74, 6) is -3.09. The monoisotopic (exact) mass is 214 g/mol. The smallest absolute Gasteiger partial charge is 0.196 e. The molecule has 1 aromatic carbocycles. The predicted octanol–water partition coefficient (Wildman–Crippen LogP) is 2.23. The molecule has 0 aliphatic rings. The number of halogens is 2. The van der Waals surface area contributed by atoms with Crippen LogP contribution >= 0.6 is 0 Å². The highest BCUT2D eigenvalue weighted by Crippen LogP contribution is 2.20. The second-order valence-electron chi connectivity index (χ2n) is 3.95. The van der Waals surface area contributed by atoms with Crippen LogP contribution in [-0.2, 0) is 0 Å². The summed E-state index contributed by atoms with van der Waals surface area (Å²) in [5.41, 5.74) is -2.01. The van der Waals surface area contributed by atoms with Crippen molar-refractivity contribution in [3.8, 4) is 0 Å². The van der Waals surface area contributed by atoms with Crippen molar-refractivity contribution in [1.82, 2.24) is 0 Å². The standard InChI is InChI=1S/C11H12F2O2/c1-6-4-5-7(9(13)8(6)12)10(14)11(2,3)15/h4-5,15H,1-3H3. The molecule has 1 aromatic rings. The van der Waals surface area contributed by atoms with Crippen LogP contribution in [0.25, 0.3) is 0 Å². The molecule has 0 aliphatic heterocycles. The minimum absolute atomic E-state index is 0.125. The lowest BCUT2D eigenvalue weighted by Crippen LogP contribution is -2.32. The second kappa shape index (κ2) is 3.70. The Morgan fingerprint density at radius 3 is 2.27 bits per heavy atom. The Hall–Kier alpha value is -1.29. The third-order valence-corrected chi connectivity index (χ3v) is 2.08. The van der Waals surface area contributed by atoms with E-state index < -0.39 is 28.6 Å². The highest BCUT2D eigenvalue weighted by molar-refractivity contribution is 6.02. The fourth-order valence-corrected chi connectivity index (χ4v) is 1.15. The van der Waals surface area contributed by atoms with E-state index in [2.05, 4.69) is 0 Å². The molecule has 0 aromatic heterocycles. The average Bonchev–Trinajstić information content (AvgIpc) is 2.12. The zero-order valence-corrected chi connectivity index (χ0v) is 8.77. The number of benzene rings is 1. The van der Waals surface area contributed by atoms with E-state index in [4.69, 9.17) is 0 Å². The molecule has 4 heteroatoms. The number of ketones is 1. The van der Waals surface area contributed by atoms with Crippen LogP contribution in [0.15, 0.2) is 12.1 Å². The maximum Gasteiger partial charge on any atom is 0.196 e. The van der Waals surface area contributed by atoms with Gasteiger partial charge in [0.25, 0.3) is 0 Å². The number of Topliss-reactive ketones (excluding diaryl/α,β-unsaturated/α-hetero) is 1. The number of hydrogen-bond acceptors (Lipinski definition) is 2. The van der Waals surface area contributed by atoms with Crippen molar-refractivity contribution in [2.75, 3.05) is 0 Å². The molecule has 1 N–H and O–H groups in total. The highest BCUT2D eigenvalue weighted by Gasteiger charge is 2.29. The van der Waals surface area contributed by atoms with Crippen LogP contribution in [0.2, 0.25) is 0 Å². The molecule has 0 fully saturated rings. The minimum Gasteiger partial charge on any atom is -0.382 e. The summed E-state index contributed by atoms with van der Waals surface area (Å²) in [6.07, 6.45) is 0. The first-order valence-electron chi connectivity index (χ1n) is 4.47. The van der Waals surface area contributed by atoms with Gasteiger partial charge in [0.05, 0.1) is 5.56 Å². The molecule has 15 heavy (non-hydrogen) atoms. The molecule has 0 saturated heterocycles. The van der Waals surface area contributed by atoms with Crippen molar-refractivity contribution in [3.05, 3.63) is 34.9 Å². The van der Waals surface area contributed by atoms with Crippen LogP contribution in [-0.4, -0.2) is 16.5 Å². The molecule has 0 aliphatic carbocycles. The molecule has 2 nitrogen and oxygen atoms in total. The van der Waals surface area contributed by atoms with E-state index in [0.29, 0.717) is 0 Å². The van der Waals surface area contributed by atoms with Crippen molar-refractivity contribution in [2.45, 2.75) is 26.4 Å². The van der Waals surface area contributed by atoms with Crippen LogP contribution in [0.1, 0.15) is 29.8 Å². The predicted molar refractivity (Wildman–Crippen MR) is 51.7 cm³/mol. The molecular formula is C11H12F2O2. The van der Waals surface area contributed by atoms with Crippen molar-refractivity contribution < 1.29 is 18.7 Å². The first kappa shape index (κ1) is 11.8. The Morgan fingerprint density at radius 2 is 1.80 bits per heavy atom. The van der Waals surface area contributed by atoms with Gasteiger partial charge in [-0.15, -0.1) is 0 Å². The lowest BCUT2D eigenvalue weighted by Gasteiger charge is -2.16. The van der Waals surface area contributed by atoms with E-state index in [1.54, 1.807) is 0 Å². The van der Waals surface area contributed by atoms with Gasteiger partial charge in [0.2, 0.25) is 0 Å². The number of hydrogen-bond donors (Lipinski definition) is 1. The minimum atomic E-state index is -1.71. The first-order chi connectivity index (χ1) is 6.75. The molecule has 0 saturated carbocycles. The third kappa shape index (κ3) is 2.21. The van der Waals surface area contributed by atoms with Crippen LogP contribution in [0.5, 0.6) is 0 Å². The Labute approximate surface area is 86.5 Å². The number of rotatable bonds is 2. The summed E-state index contributed by atoms with van der Waals surface area (Å²) >= 11 is 0. The van der Waals surface area contributed by atoms with Crippen LogP contribution in [0.3, 0.4) is 0 Å². The summed E-state index contributed by atoms with van der Waals surface area (Å²) < 4.78 is 26.5. The lowest BCUT2D eigenvalue weighted by molar-refractivity contribution is 0.0482. The normalized spacial score (nSPS) is 11.6. The van der Waals surface area contributed by atoms with E-state index in [0.717, 1.165) is 0 Å². The molecule has 0 amide bonds. The Kier molecular flexibility index (Phi) is 2.90. The van der Waals surface area contributed by atoms with E-state index in [1.165, 1.54) is 32.9 Å². The van der Waals surface area contributed by atoms with Crippen molar-refractivity contribution in [2.24, 2.45) is 0 Å². The Balaban J connectivity index is 3.29. The van der Waals surface area contributed by atoms with Gasteiger partial charge in [-0.25, -0.2) is 8.78 Å². The first-order valence-corrected chi connectivity index (χ1v) is 4.47. The summed E-state index contributed by atoms with van der Waals surface area (Å²) in [7, 11) is 0. The molecular weight excluding hydrogens is 202 g/mol. The van der Waals surface area contributed by atoms with Crippen LogP contribution < -0.4 is 0 Å². The lowest BCUT2D eigenvalue weighted by atomic mass is 9.95. The molecule has 82 valence electrons. The Morgan fingerprint density at radius 1 is 1.27 bits per heavy atom. The SMILES string of the molecule is Cc1ccc(C(=O)C(C)(C)O)c(F)c1F. The maximum absolute atomic E-state index is 13.3. The summed E-state index contributed by atoms with van der Waals surface area (Å²) in [6.45, 7) is 3.86. The van der Waals surface area contributed by atoms with Gasteiger partial charge in [-0.1, -0.05) is 6.07 Å². The number of carbonyl (C=O) groups excluding carboxylic acids is 1. The third-order valence-electron chi connectivity index (χ3n) is 2.08. The van der Waals surface area contributed by atoms with E-state index in [1.807, 2.05) is 0 Å². The molecule has 0 bridgehead atoms. The van der Waals surface area contributed by atoms with Gasteiger partial charge < -0.3 is 5.11 Å². The molecule has 1 rings (SSSR count). The number of aryl methyl sites for hydroxylation is 1. The largest absolute Gasteiger partial charge is 0.382 e. The summed E-state index contributed by atoms with van der Waals surface area (Å²) in [4.78, 5) is 11.5. The van der Waals surface area contributed by atoms with Gasteiger partial charge in [-0.05, 0) is 32.4 Å². The second-order valence-corrected chi connectivity index (χ2v) is 3.95. The topological polar surface area (TPSA) is 37.3 Å². The zero-order valence-electron chi connectivity index (χ0n) is 8.77. The van der Waals surface area contributed by atoms with Gasteiger partial charge in [0, 0.05) is 0 Å². The van der Waals surface area contributed by atoms with E-state index in [9.17, 15) is 18.7 Å². The van der Waals surface area contributed by atoms with E-state index >= 15 is 0 Å².